The van der Waals surface area contributed by atoms with E-state index in [-0.39, 0.29) is 11.9 Å². The Hall–Kier alpha value is -2.14. The largest absolute Gasteiger partial charge is 0.351 e. The summed E-state index contributed by atoms with van der Waals surface area (Å²) < 4.78 is 2.19. The van der Waals surface area contributed by atoms with Crippen molar-refractivity contribution >= 4 is 5.91 Å². The Morgan fingerprint density at radius 3 is 2.68 bits per heavy atom. The van der Waals surface area contributed by atoms with E-state index in [2.05, 4.69) is 52.0 Å². The fraction of sp³-hybridized carbons (Fsp3) is 0.565. The molecule has 1 aromatic carbocycles. The van der Waals surface area contributed by atoms with Gasteiger partial charge < -0.3 is 9.88 Å². The molecule has 1 unspecified atom stereocenters. The van der Waals surface area contributed by atoms with Gasteiger partial charge in [-0.15, -0.1) is 0 Å². The average Bonchev–Trinajstić information content (AvgIpc) is 3.17. The summed E-state index contributed by atoms with van der Waals surface area (Å²) in [6.45, 7) is 5.79. The van der Waals surface area contributed by atoms with Gasteiger partial charge in [-0.3, -0.25) is 9.69 Å². The van der Waals surface area contributed by atoms with Crippen molar-refractivity contribution in [3.05, 3.63) is 53.6 Å². The first-order valence-corrected chi connectivity index (χ1v) is 10.9. The minimum Gasteiger partial charge on any atom is -0.351 e. The Kier molecular flexibility index (Phi) is 6.10. The molecule has 1 N–H and O–H groups in total. The first-order valence-electron chi connectivity index (χ1n) is 10.9. The highest BCUT2D eigenvalue weighted by Gasteiger charge is 2.33. The molecule has 5 nitrogen and oxygen atoms in total. The van der Waals surface area contributed by atoms with Gasteiger partial charge in [0.1, 0.15) is 11.5 Å². The zero-order chi connectivity index (χ0) is 19.3. The highest BCUT2D eigenvalue weighted by molar-refractivity contribution is 5.92. The van der Waals surface area contributed by atoms with Gasteiger partial charge in [-0.05, 0) is 30.7 Å². The average molecular weight is 381 g/mol. The number of benzene rings is 1. The van der Waals surface area contributed by atoms with Gasteiger partial charge in [0.25, 0.3) is 5.91 Å². The van der Waals surface area contributed by atoms with Crippen LogP contribution in [0.2, 0.25) is 0 Å². The maximum Gasteiger partial charge on any atom is 0.271 e. The lowest BCUT2D eigenvalue weighted by atomic mass is 9.88. The first kappa shape index (κ1) is 19.2. The molecule has 2 heterocycles. The number of hydrogen-bond acceptors (Lipinski definition) is 3. The summed E-state index contributed by atoms with van der Waals surface area (Å²) in [7, 11) is 0. The maximum absolute atomic E-state index is 12.5. The van der Waals surface area contributed by atoms with Crippen LogP contribution in [0, 0.1) is 5.92 Å². The number of hydrogen-bond donors (Lipinski definition) is 1. The summed E-state index contributed by atoms with van der Waals surface area (Å²) in [4.78, 5) is 19.9. The van der Waals surface area contributed by atoms with Gasteiger partial charge in [0.05, 0.1) is 6.04 Å². The molecule has 2 aliphatic rings. The summed E-state index contributed by atoms with van der Waals surface area (Å²) in [5.74, 6) is 1.73. The molecule has 28 heavy (non-hydrogen) atoms. The number of imidazole rings is 1. The van der Waals surface area contributed by atoms with E-state index in [4.69, 9.17) is 4.98 Å². The second-order valence-corrected chi connectivity index (χ2v) is 8.25. The van der Waals surface area contributed by atoms with Gasteiger partial charge in [-0.25, -0.2) is 4.98 Å². The van der Waals surface area contributed by atoms with E-state index < -0.39 is 0 Å². The molecule has 0 bridgehead atoms. The number of aromatic nitrogens is 2. The van der Waals surface area contributed by atoms with Crippen LogP contribution in [0.15, 0.2) is 36.5 Å². The van der Waals surface area contributed by atoms with E-state index in [1.807, 2.05) is 6.20 Å². The van der Waals surface area contributed by atoms with E-state index in [9.17, 15) is 4.79 Å². The van der Waals surface area contributed by atoms with Crippen LogP contribution in [0.1, 0.15) is 73.4 Å². The van der Waals surface area contributed by atoms with Crippen LogP contribution < -0.4 is 5.32 Å². The lowest BCUT2D eigenvalue weighted by molar-refractivity contribution is 0.0948. The van der Waals surface area contributed by atoms with Crippen LogP contribution in [0.25, 0.3) is 0 Å². The number of nitrogens with one attached hydrogen (secondary N) is 1. The minimum atomic E-state index is -0.0607. The SMILES string of the molecule is CCCNC(=O)c1cn2c(n1)C(c1ccccc1)N(CC1CCCCC1)CC2. The molecular weight excluding hydrogens is 348 g/mol. The van der Waals surface area contributed by atoms with Crippen LogP contribution in [0.3, 0.4) is 0 Å². The molecule has 1 atom stereocenters. The predicted octanol–water partition coefficient (Wildman–Crippen LogP) is 4.01. The molecule has 1 aromatic heterocycles. The second kappa shape index (κ2) is 8.91. The van der Waals surface area contributed by atoms with Crippen molar-refractivity contribution in [2.45, 2.75) is 58.0 Å². The zero-order valence-electron chi connectivity index (χ0n) is 16.9. The molecule has 1 fully saturated rings. The highest BCUT2D eigenvalue weighted by Crippen LogP contribution is 2.34. The Morgan fingerprint density at radius 2 is 1.93 bits per heavy atom. The molecule has 0 radical (unpaired) electrons. The lowest BCUT2D eigenvalue weighted by Gasteiger charge is -2.39. The summed E-state index contributed by atoms with van der Waals surface area (Å²) in [6, 6.07) is 10.8. The van der Waals surface area contributed by atoms with Gasteiger partial charge in [0.15, 0.2) is 0 Å². The smallest absolute Gasteiger partial charge is 0.271 e. The molecule has 1 aliphatic carbocycles. The lowest BCUT2D eigenvalue weighted by Crippen LogP contribution is -2.41. The maximum atomic E-state index is 12.5. The van der Waals surface area contributed by atoms with Crippen LogP contribution in [0.4, 0.5) is 0 Å². The highest BCUT2D eigenvalue weighted by atomic mass is 16.1. The van der Waals surface area contributed by atoms with Crippen molar-refractivity contribution in [3.8, 4) is 0 Å². The zero-order valence-corrected chi connectivity index (χ0v) is 16.9. The Labute approximate surface area is 168 Å². The third-order valence-corrected chi connectivity index (χ3v) is 6.15. The Morgan fingerprint density at radius 1 is 1.14 bits per heavy atom. The number of carbonyl (C=O) groups is 1. The normalized spacial score (nSPS) is 20.7. The molecule has 1 amide bonds. The molecule has 1 aliphatic heterocycles. The minimum absolute atomic E-state index is 0.0607. The van der Waals surface area contributed by atoms with Crippen molar-refractivity contribution < 1.29 is 4.79 Å². The standard InChI is InChI=1S/C23H32N4O/c1-2-13-24-23(28)20-17-27-15-14-26(16-18-9-5-3-6-10-18)21(22(27)25-20)19-11-7-4-8-12-19/h4,7-8,11-12,17-18,21H,2-3,5-6,9-10,13-16H2,1H3,(H,24,28). The molecule has 5 heteroatoms. The van der Waals surface area contributed by atoms with Crippen molar-refractivity contribution in [2.24, 2.45) is 5.92 Å². The number of rotatable bonds is 6. The molecule has 4 rings (SSSR count). The molecule has 0 saturated heterocycles. The second-order valence-electron chi connectivity index (χ2n) is 8.25. The van der Waals surface area contributed by atoms with E-state index in [0.717, 1.165) is 37.8 Å². The summed E-state index contributed by atoms with van der Waals surface area (Å²) in [5.41, 5.74) is 1.81. The van der Waals surface area contributed by atoms with E-state index >= 15 is 0 Å². The van der Waals surface area contributed by atoms with E-state index in [0.29, 0.717) is 12.2 Å². The van der Waals surface area contributed by atoms with Gasteiger partial charge in [-0.2, -0.15) is 0 Å². The molecule has 1 saturated carbocycles. The van der Waals surface area contributed by atoms with Crippen molar-refractivity contribution in [1.82, 2.24) is 19.8 Å². The Bertz CT molecular complexity index is 779. The van der Waals surface area contributed by atoms with Gasteiger partial charge in [0.2, 0.25) is 0 Å². The van der Waals surface area contributed by atoms with Crippen LogP contribution >= 0.6 is 0 Å². The number of nitrogens with zero attached hydrogens (tertiary/aromatic N) is 3. The van der Waals surface area contributed by atoms with Crippen molar-refractivity contribution in [2.75, 3.05) is 19.6 Å². The van der Waals surface area contributed by atoms with E-state index in [1.54, 1.807) is 0 Å². The van der Waals surface area contributed by atoms with Gasteiger partial charge >= 0.3 is 0 Å². The van der Waals surface area contributed by atoms with Crippen LogP contribution in [0.5, 0.6) is 0 Å². The van der Waals surface area contributed by atoms with E-state index in [1.165, 1.54) is 37.7 Å². The quantitative estimate of drug-likeness (QED) is 0.824. The Balaban J connectivity index is 1.62. The molecule has 150 valence electrons. The van der Waals surface area contributed by atoms with Gasteiger partial charge in [-0.1, -0.05) is 56.5 Å². The fourth-order valence-electron chi connectivity index (χ4n) is 4.69. The summed E-state index contributed by atoms with van der Waals surface area (Å²) in [5, 5.41) is 2.96. The molecule has 2 aromatic rings. The number of carbonyl (C=O) groups excluding carboxylic acids is 1. The summed E-state index contributed by atoms with van der Waals surface area (Å²) in [6.07, 6.45) is 9.68. The van der Waals surface area contributed by atoms with Crippen molar-refractivity contribution in [3.63, 3.8) is 0 Å². The van der Waals surface area contributed by atoms with Crippen LogP contribution in [-0.4, -0.2) is 40.0 Å². The van der Waals surface area contributed by atoms with Gasteiger partial charge in [0, 0.05) is 32.4 Å². The predicted molar refractivity (Wildman–Crippen MR) is 111 cm³/mol. The molecule has 0 spiro atoms. The summed E-state index contributed by atoms with van der Waals surface area (Å²) >= 11 is 0. The third kappa shape index (κ3) is 4.14. The van der Waals surface area contributed by atoms with Crippen LogP contribution in [-0.2, 0) is 6.54 Å². The topological polar surface area (TPSA) is 50.2 Å². The first-order chi connectivity index (χ1) is 13.8. The number of amides is 1. The third-order valence-electron chi connectivity index (χ3n) is 6.15. The van der Waals surface area contributed by atoms with Crippen molar-refractivity contribution in [1.29, 1.82) is 0 Å². The monoisotopic (exact) mass is 380 g/mol. The number of fused-ring (bicyclic) bond motifs is 1. The molecular formula is C23H32N4O. The fourth-order valence-corrected chi connectivity index (χ4v) is 4.69.